The number of nitrogens with zero attached hydrogens (tertiary/aromatic N) is 3. The second-order valence-corrected chi connectivity index (χ2v) is 12.0. The molecule has 198 valence electrons. The van der Waals surface area contributed by atoms with Gasteiger partial charge in [0.1, 0.15) is 11.4 Å². The number of ether oxygens (including phenoxy) is 1. The number of aromatic nitrogens is 3. The van der Waals surface area contributed by atoms with E-state index in [1.807, 2.05) is 33.1 Å². The van der Waals surface area contributed by atoms with Gasteiger partial charge in [-0.2, -0.15) is 0 Å². The van der Waals surface area contributed by atoms with E-state index < -0.39 is 5.91 Å². The minimum absolute atomic E-state index is 0.0899. The number of hydrogen-bond acceptors (Lipinski definition) is 6. The van der Waals surface area contributed by atoms with E-state index in [9.17, 15) is 9.59 Å². The molecule has 0 aliphatic rings. The summed E-state index contributed by atoms with van der Waals surface area (Å²) in [6.45, 7) is 7.98. The van der Waals surface area contributed by atoms with Crippen LogP contribution in [0.15, 0.2) is 57.8 Å². The normalized spacial score (nSPS) is 12.2. The summed E-state index contributed by atoms with van der Waals surface area (Å²) in [5.74, 6) is 0.0362. The highest BCUT2D eigenvalue weighted by molar-refractivity contribution is 9.10. The summed E-state index contributed by atoms with van der Waals surface area (Å²) in [5, 5.41) is 14.5. The number of thiophene rings is 1. The number of anilines is 1. The van der Waals surface area contributed by atoms with E-state index in [1.165, 1.54) is 28.2 Å². The Kier molecular flexibility index (Phi) is 8.46. The van der Waals surface area contributed by atoms with Crippen molar-refractivity contribution in [3.8, 4) is 17.4 Å². The molecule has 1 unspecified atom stereocenters. The summed E-state index contributed by atoms with van der Waals surface area (Å²) >= 11 is 17.5. The first-order valence-electron chi connectivity index (χ1n) is 11.5. The quantitative estimate of drug-likeness (QED) is 0.218. The first-order valence-corrected chi connectivity index (χ1v) is 14.0. The minimum Gasteiger partial charge on any atom is -0.437 e. The maximum Gasteiger partial charge on any atom is 0.274 e. The Morgan fingerprint density at radius 3 is 2.58 bits per heavy atom. The van der Waals surface area contributed by atoms with Crippen LogP contribution in [0.4, 0.5) is 5.69 Å². The van der Waals surface area contributed by atoms with Crippen LogP contribution in [-0.2, 0) is 0 Å². The summed E-state index contributed by atoms with van der Waals surface area (Å²) < 4.78 is 7.55. The molecule has 0 aliphatic heterocycles. The predicted molar refractivity (Wildman–Crippen MR) is 154 cm³/mol. The second-order valence-electron chi connectivity index (χ2n) is 9.48. The van der Waals surface area contributed by atoms with E-state index >= 15 is 0 Å². The highest BCUT2D eigenvalue weighted by Gasteiger charge is 2.27. The van der Waals surface area contributed by atoms with Crippen LogP contribution < -0.4 is 15.4 Å². The van der Waals surface area contributed by atoms with Crippen LogP contribution >= 0.6 is 50.5 Å². The molecule has 3 heterocycles. The molecule has 38 heavy (non-hydrogen) atoms. The van der Waals surface area contributed by atoms with Gasteiger partial charge in [0.25, 0.3) is 11.8 Å². The molecule has 0 saturated heterocycles. The van der Waals surface area contributed by atoms with Gasteiger partial charge in [0.2, 0.25) is 5.88 Å². The van der Waals surface area contributed by atoms with Crippen LogP contribution in [0.1, 0.15) is 48.5 Å². The monoisotopic (exact) mass is 635 g/mol. The van der Waals surface area contributed by atoms with Crippen molar-refractivity contribution in [2.75, 3.05) is 5.32 Å². The highest BCUT2D eigenvalue weighted by Crippen LogP contribution is 2.33. The van der Waals surface area contributed by atoms with Crippen molar-refractivity contribution in [2.45, 2.75) is 33.7 Å². The lowest BCUT2D eigenvalue weighted by Gasteiger charge is -2.28. The maximum atomic E-state index is 13.6. The van der Waals surface area contributed by atoms with Gasteiger partial charge < -0.3 is 15.4 Å². The molecule has 1 aromatic carbocycles. The third kappa shape index (κ3) is 6.37. The number of carbonyl (C=O) groups excluding carboxylic acids is 2. The molecule has 4 aromatic rings. The molecule has 2 amide bonds. The number of amides is 2. The fourth-order valence-electron chi connectivity index (χ4n) is 3.24. The highest BCUT2D eigenvalue weighted by atomic mass is 79.9. The Labute approximate surface area is 242 Å². The molecule has 3 aromatic heterocycles. The molecule has 12 heteroatoms. The minimum atomic E-state index is -0.569. The Hall–Kier alpha value is -2.92. The second kappa shape index (κ2) is 11.4. The summed E-state index contributed by atoms with van der Waals surface area (Å²) in [6, 6.07) is 9.52. The van der Waals surface area contributed by atoms with Gasteiger partial charge in [0, 0.05) is 33.2 Å². The lowest BCUT2D eigenvalue weighted by Crippen LogP contribution is -2.41. The van der Waals surface area contributed by atoms with Gasteiger partial charge in [-0.25, -0.2) is 9.67 Å². The third-order valence-electron chi connectivity index (χ3n) is 5.76. The number of nitrogens with one attached hydrogen (secondary N) is 2. The van der Waals surface area contributed by atoms with Gasteiger partial charge in [-0.15, -0.1) is 16.4 Å². The number of benzene rings is 1. The van der Waals surface area contributed by atoms with Crippen LogP contribution in [0.2, 0.25) is 10.0 Å². The molecule has 0 spiro atoms. The van der Waals surface area contributed by atoms with Gasteiger partial charge in [-0.1, -0.05) is 44.0 Å². The average molecular weight is 637 g/mol. The van der Waals surface area contributed by atoms with E-state index in [1.54, 1.807) is 35.8 Å². The molecular formula is C26H24BrCl2N5O3S. The predicted octanol–water partition coefficient (Wildman–Crippen LogP) is 7.61. The summed E-state index contributed by atoms with van der Waals surface area (Å²) in [5.41, 5.74) is 0.359. The largest absolute Gasteiger partial charge is 0.437 e. The average Bonchev–Trinajstić information content (AvgIpc) is 3.50. The third-order valence-corrected chi connectivity index (χ3v) is 7.56. The molecular weight excluding hydrogens is 613 g/mol. The first-order chi connectivity index (χ1) is 17.9. The van der Waals surface area contributed by atoms with Crippen molar-refractivity contribution in [1.29, 1.82) is 0 Å². The zero-order chi connectivity index (χ0) is 27.6. The molecule has 0 bridgehead atoms. The van der Waals surface area contributed by atoms with Gasteiger partial charge in [-0.05, 0) is 64.0 Å². The Morgan fingerprint density at radius 1 is 1.16 bits per heavy atom. The van der Waals surface area contributed by atoms with E-state index in [0.717, 1.165) is 0 Å². The van der Waals surface area contributed by atoms with Crippen LogP contribution in [0, 0.1) is 5.41 Å². The fraction of sp³-hybridized carbons (Fsp3) is 0.231. The lowest BCUT2D eigenvalue weighted by molar-refractivity contribution is 0.0911. The topological polar surface area (TPSA) is 98.1 Å². The standard InChI is InChI=1S/C26H24BrCl2N5O3S/c1-14(26(2,3)4)31-24(35)17-10-15(28)11-18(27)22(17)32-25(36)20-12-21(37-16-7-9-38-13-16)33-34(20)23-19(29)6-5-8-30-23/h5-14H,1-4H3,(H,31,35)(H,32,36). The number of halogens is 3. The SMILES string of the molecule is CC(NC(=O)c1cc(Cl)cc(Br)c1NC(=O)c1cc(Oc2ccsc2)nn1-c1ncccc1Cl)C(C)(C)C. The number of hydrogen-bond donors (Lipinski definition) is 2. The smallest absolute Gasteiger partial charge is 0.274 e. The van der Waals surface area contributed by atoms with E-state index in [4.69, 9.17) is 27.9 Å². The van der Waals surface area contributed by atoms with Gasteiger partial charge in [-0.3, -0.25) is 9.59 Å². The van der Waals surface area contributed by atoms with Crippen LogP contribution in [0.25, 0.3) is 5.82 Å². The van der Waals surface area contributed by atoms with Crippen LogP contribution in [-0.4, -0.2) is 32.6 Å². The molecule has 0 aliphatic carbocycles. The zero-order valence-electron chi connectivity index (χ0n) is 20.9. The molecule has 4 rings (SSSR count). The summed E-state index contributed by atoms with van der Waals surface area (Å²) in [6.07, 6.45) is 1.54. The number of pyridine rings is 1. The maximum absolute atomic E-state index is 13.6. The van der Waals surface area contributed by atoms with Crippen molar-refractivity contribution in [3.05, 3.63) is 79.1 Å². The Morgan fingerprint density at radius 2 is 1.92 bits per heavy atom. The number of rotatable bonds is 7. The van der Waals surface area contributed by atoms with Gasteiger partial charge >= 0.3 is 0 Å². The van der Waals surface area contributed by atoms with E-state index in [-0.39, 0.29) is 51.0 Å². The fourth-order valence-corrected chi connectivity index (χ4v) is 4.91. The van der Waals surface area contributed by atoms with Gasteiger partial charge in [0.05, 0.1) is 16.3 Å². The Balaban J connectivity index is 1.72. The van der Waals surface area contributed by atoms with Crippen molar-refractivity contribution in [3.63, 3.8) is 0 Å². The Bertz CT molecular complexity index is 1480. The van der Waals surface area contributed by atoms with E-state index in [0.29, 0.717) is 15.2 Å². The number of carbonyl (C=O) groups is 2. The van der Waals surface area contributed by atoms with Crippen molar-refractivity contribution in [1.82, 2.24) is 20.1 Å². The molecule has 0 saturated carbocycles. The zero-order valence-corrected chi connectivity index (χ0v) is 24.8. The van der Waals surface area contributed by atoms with Crippen LogP contribution in [0.3, 0.4) is 0 Å². The summed E-state index contributed by atoms with van der Waals surface area (Å²) in [4.78, 5) is 31.2. The van der Waals surface area contributed by atoms with Crippen LogP contribution in [0.5, 0.6) is 11.6 Å². The molecule has 0 radical (unpaired) electrons. The van der Waals surface area contributed by atoms with Gasteiger partial charge in [0.15, 0.2) is 5.82 Å². The summed E-state index contributed by atoms with van der Waals surface area (Å²) in [7, 11) is 0. The van der Waals surface area contributed by atoms with E-state index in [2.05, 4.69) is 36.6 Å². The van der Waals surface area contributed by atoms with Crippen molar-refractivity contribution in [2.24, 2.45) is 5.41 Å². The lowest BCUT2D eigenvalue weighted by atomic mass is 9.88. The molecule has 8 nitrogen and oxygen atoms in total. The molecule has 0 fully saturated rings. The van der Waals surface area contributed by atoms with Crippen molar-refractivity contribution < 1.29 is 14.3 Å². The molecule has 1 atom stereocenters. The first kappa shape index (κ1) is 28.1. The van der Waals surface area contributed by atoms with Crippen molar-refractivity contribution >= 4 is 68.0 Å². The molecule has 2 N–H and O–H groups in total.